The van der Waals surface area contributed by atoms with Crippen LogP contribution in [0.3, 0.4) is 0 Å². The molecule has 0 aromatic heterocycles. The third kappa shape index (κ3) is 2.86. The first-order valence-electron chi connectivity index (χ1n) is 7.87. The minimum absolute atomic E-state index is 0.284. The minimum Gasteiger partial charge on any atom is -0.310 e. The second kappa shape index (κ2) is 5.66. The molecule has 0 saturated heterocycles. The maximum Gasteiger partial charge on any atom is 0.0323 e. The van der Waals surface area contributed by atoms with E-state index in [0.29, 0.717) is 12.0 Å². The van der Waals surface area contributed by atoms with Gasteiger partial charge in [-0.1, -0.05) is 52.8 Å². The smallest absolute Gasteiger partial charge is 0.0323 e. The van der Waals surface area contributed by atoms with Crippen molar-refractivity contribution < 1.29 is 0 Å². The monoisotopic (exact) mass is 259 g/mol. The second-order valence-electron chi connectivity index (χ2n) is 6.67. The Kier molecular flexibility index (Phi) is 4.35. The van der Waals surface area contributed by atoms with Crippen LogP contribution in [-0.4, -0.2) is 6.54 Å². The molecule has 1 aromatic rings. The number of fused-ring (bicyclic) bond motifs is 1. The Bertz CT molecular complexity index is 433. The molecule has 0 saturated carbocycles. The highest BCUT2D eigenvalue weighted by molar-refractivity contribution is 5.40. The van der Waals surface area contributed by atoms with Crippen LogP contribution in [0.25, 0.3) is 0 Å². The fraction of sp³-hybridized carbons (Fsp3) is 0.667. The summed E-state index contributed by atoms with van der Waals surface area (Å²) in [7, 11) is 0. The van der Waals surface area contributed by atoms with E-state index in [1.54, 1.807) is 11.1 Å². The van der Waals surface area contributed by atoms with E-state index in [9.17, 15) is 0 Å². The molecule has 2 unspecified atom stereocenters. The van der Waals surface area contributed by atoms with Crippen molar-refractivity contribution in [2.45, 2.75) is 71.3 Å². The Hall–Kier alpha value is -0.820. The fourth-order valence-electron chi connectivity index (χ4n) is 3.14. The zero-order chi connectivity index (χ0) is 14.0. The van der Waals surface area contributed by atoms with Crippen molar-refractivity contribution in [1.82, 2.24) is 5.32 Å². The highest BCUT2D eigenvalue weighted by Crippen LogP contribution is 2.39. The Balaban J connectivity index is 2.42. The minimum atomic E-state index is 0.284. The van der Waals surface area contributed by atoms with Gasteiger partial charge in [0.2, 0.25) is 0 Å². The molecule has 1 N–H and O–H groups in total. The van der Waals surface area contributed by atoms with E-state index in [1.165, 1.54) is 24.8 Å². The van der Waals surface area contributed by atoms with E-state index in [2.05, 4.69) is 58.1 Å². The largest absolute Gasteiger partial charge is 0.310 e. The molecule has 106 valence electrons. The summed E-state index contributed by atoms with van der Waals surface area (Å²) in [6.07, 6.45) is 3.77. The highest BCUT2D eigenvalue weighted by atomic mass is 14.9. The molecule has 0 spiro atoms. The summed E-state index contributed by atoms with van der Waals surface area (Å²) < 4.78 is 0. The van der Waals surface area contributed by atoms with Gasteiger partial charge < -0.3 is 5.32 Å². The summed E-state index contributed by atoms with van der Waals surface area (Å²) in [5.41, 5.74) is 4.89. The molecular weight excluding hydrogens is 230 g/mol. The van der Waals surface area contributed by atoms with Crippen molar-refractivity contribution in [3.05, 3.63) is 34.9 Å². The van der Waals surface area contributed by atoms with Gasteiger partial charge in [-0.15, -0.1) is 0 Å². The van der Waals surface area contributed by atoms with E-state index < -0.39 is 0 Å². The topological polar surface area (TPSA) is 12.0 Å². The number of nitrogens with one attached hydrogen (secondary N) is 1. The first-order chi connectivity index (χ1) is 8.99. The molecule has 0 radical (unpaired) electrons. The molecular formula is C18H29N. The lowest BCUT2D eigenvalue weighted by Gasteiger charge is -2.33. The molecule has 1 aliphatic rings. The Labute approximate surface area is 118 Å². The molecule has 2 rings (SSSR count). The molecule has 1 aromatic carbocycles. The Morgan fingerprint density at radius 3 is 2.53 bits per heavy atom. The van der Waals surface area contributed by atoms with Gasteiger partial charge in [0.1, 0.15) is 0 Å². The van der Waals surface area contributed by atoms with Gasteiger partial charge in [0.25, 0.3) is 0 Å². The summed E-state index contributed by atoms with van der Waals surface area (Å²) >= 11 is 0. The summed E-state index contributed by atoms with van der Waals surface area (Å²) in [6, 6.07) is 7.77. The van der Waals surface area contributed by atoms with Gasteiger partial charge in [0.15, 0.2) is 0 Å². The summed E-state index contributed by atoms with van der Waals surface area (Å²) in [5, 5.41) is 3.66. The summed E-state index contributed by atoms with van der Waals surface area (Å²) in [5.74, 6) is 0.712. The lowest BCUT2D eigenvalue weighted by atomic mass is 9.75. The van der Waals surface area contributed by atoms with Crippen LogP contribution in [0, 0.1) is 0 Å². The summed E-state index contributed by atoms with van der Waals surface area (Å²) in [6.45, 7) is 12.6. The average molecular weight is 259 g/mol. The molecule has 1 nitrogen and oxygen atoms in total. The SMILES string of the molecule is CCNC1CCC(C)c2ccc(C(C)(C)CC)cc21. The number of hydrogen-bond donors (Lipinski definition) is 1. The zero-order valence-corrected chi connectivity index (χ0v) is 13.2. The summed E-state index contributed by atoms with van der Waals surface area (Å²) in [4.78, 5) is 0. The molecule has 1 aliphatic carbocycles. The highest BCUT2D eigenvalue weighted by Gasteiger charge is 2.26. The number of rotatable bonds is 4. The maximum atomic E-state index is 3.66. The molecule has 0 heterocycles. The molecule has 0 aliphatic heterocycles. The van der Waals surface area contributed by atoms with Gasteiger partial charge >= 0.3 is 0 Å². The van der Waals surface area contributed by atoms with Crippen LogP contribution in [-0.2, 0) is 5.41 Å². The van der Waals surface area contributed by atoms with E-state index in [0.717, 1.165) is 6.54 Å². The van der Waals surface area contributed by atoms with Crippen LogP contribution >= 0.6 is 0 Å². The number of hydrogen-bond acceptors (Lipinski definition) is 1. The first kappa shape index (κ1) is 14.6. The van der Waals surface area contributed by atoms with Gasteiger partial charge in [-0.2, -0.15) is 0 Å². The molecule has 19 heavy (non-hydrogen) atoms. The average Bonchev–Trinajstić information content (AvgIpc) is 2.42. The third-order valence-corrected chi connectivity index (χ3v) is 5.00. The lowest BCUT2D eigenvalue weighted by Crippen LogP contribution is -2.27. The van der Waals surface area contributed by atoms with Crippen LogP contribution in [0.2, 0.25) is 0 Å². The van der Waals surface area contributed by atoms with Gasteiger partial charge in [-0.3, -0.25) is 0 Å². The predicted octanol–water partition coefficient (Wildman–Crippen LogP) is 4.92. The maximum absolute atomic E-state index is 3.66. The lowest BCUT2D eigenvalue weighted by molar-refractivity contribution is 0.437. The quantitative estimate of drug-likeness (QED) is 0.809. The van der Waals surface area contributed by atoms with Gasteiger partial charge in [0, 0.05) is 6.04 Å². The Morgan fingerprint density at radius 1 is 1.16 bits per heavy atom. The van der Waals surface area contributed by atoms with Crippen LogP contribution in [0.15, 0.2) is 18.2 Å². The van der Waals surface area contributed by atoms with Crippen LogP contribution in [0.1, 0.15) is 82.5 Å². The van der Waals surface area contributed by atoms with Gasteiger partial charge in [0.05, 0.1) is 0 Å². The van der Waals surface area contributed by atoms with Crippen LogP contribution < -0.4 is 5.32 Å². The van der Waals surface area contributed by atoms with Crippen molar-refractivity contribution in [3.63, 3.8) is 0 Å². The molecule has 2 atom stereocenters. The molecule has 0 fully saturated rings. The van der Waals surface area contributed by atoms with Crippen LogP contribution in [0.4, 0.5) is 0 Å². The molecule has 0 bridgehead atoms. The fourth-order valence-corrected chi connectivity index (χ4v) is 3.14. The predicted molar refractivity (Wildman–Crippen MR) is 83.8 cm³/mol. The second-order valence-corrected chi connectivity index (χ2v) is 6.67. The van der Waals surface area contributed by atoms with Gasteiger partial charge in [-0.25, -0.2) is 0 Å². The van der Waals surface area contributed by atoms with E-state index in [1.807, 2.05) is 0 Å². The van der Waals surface area contributed by atoms with Crippen molar-refractivity contribution in [3.8, 4) is 0 Å². The normalized spacial score (nSPS) is 23.2. The van der Waals surface area contributed by atoms with E-state index in [4.69, 9.17) is 0 Å². The Morgan fingerprint density at radius 2 is 1.89 bits per heavy atom. The number of benzene rings is 1. The van der Waals surface area contributed by atoms with Crippen molar-refractivity contribution in [1.29, 1.82) is 0 Å². The first-order valence-corrected chi connectivity index (χ1v) is 7.87. The van der Waals surface area contributed by atoms with Crippen LogP contribution in [0.5, 0.6) is 0 Å². The van der Waals surface area contributed by atoms with E-state index in [-0.39, 0.29) is 5.41 Å². The standard InChI is InChI=1S/C18H29N/c1-6-18(4,5)14-9-10-15-13(3)8-11-17(19-7-2)16(15)12-14/h9-10,12-13,17,19H,6-8,11H2,1-5H3. The van der Waals surface area contributed by atoms with Crippen molar-refractivity contribution in [2.75, 3.05) is 6.54 Å². The molecule has 0 amide bonds. The third-order valence-electron chi connectivity index (χ3n) is 5.00. The van der Waals surface area contributed by atoms with Gasteiger partial charge in [-0.05, 0) is 53.8 Å². The van der Waals surface area contributed by atoms with Crippen molar-refractivity contribution in [2.24, 2.45) is 0 Å². The molecule has 1 heteroatoms. The van der Waals surface area contributed by atoms with Crippen molar-refractivity contribution >= 4 is 0 Å². The van der Waals surface area contributed by atoms with E-state index >= 15 is 0 Å². The zero-order valence-electron chi connectivity index (χ0n) is 13.2.